The molecule has 0 aliphatic heterocycles. The fraction of sp³-hybridized carbons (Fsp3) is 0.500. The fourth-order valence-electron chi connectivity index (χ4n) is 1.37. The topological polar surface area (TPSA) is 65.1 Å². The fourth-order valence-corrected chi connectivity index (χ4v) is 1.58. The minimum Gasteiger partial charge on any atom is -0.309 e. The van der Waals surface area contributed by atoms with E-state index in [9.17, 15) is 14.9 Å². The van der Waals surface area contributed by atoms with Crippen LogP contribution in [0, 0.1) is 23.0 Å². The van der Waals surface area contributed by atoms with E-state index in [0.717, 1.165) is 5.33 Å². The van der Waals surface area contributed by atoms with E-state index in [1.807, 2.05) is 6.92 Å². The Labute approximate surface area is 101 Å². The van der Waals surface area contributed by atoms with Crippen molar-refractivity contribution in [3.05, 3.63) is 38.3 Å². The molecule has 0 aliphatic carbocycles. The summed E-state index contributed by atoms with van der Waals surface area (Å²) in [5.74, 6) is 0.250. The van der Waals surface area contributed by atoms with Crippen molar-refractivity contribution in [2.75, 3.05) is 5.33 Å². The van der Waals surface area contributed by atoms with Gasteiger partial charge >= 0.3 is 0 Å². The van der Waals surface area contributed by atoms with Gasteiger partial charge in [-0.3, -0.25) is 14.9 Å². The first-order valence-corrected chi connectivity index (χ1v) is 5.99. The third kappa shape index (κ3) is 2.91. The van der Waals surface area contributed by atoms with Crippen LogP contribution < -0.4 is 5.56 Å². The van der Waals surface area contributed by atoms with Crippen LogP contribution in [0.25, 0.3) is 0 Å². The number of alkyl halides is 1. The van der Waals surface area contributed by atoms with Gasteiger partial charge in [0.2, 0.25) is 0 Å². The zero-order chi connectivity index (χ0) is 12.3. The van der Waals surface area contributed by atoms with Crippen molar-refractivity contribution in [2.24, 2.45) is 5.92 Å². The zero-order valence-corrected chi connectivity index (χ0v) is 10.7. The lowest BCUT2D eigenvalue weighted by atomic mass is 10.2. The molecule has 16 heavy (non-hydrogen) atoms. The van der Waals surface area contributed by atoms with Crippen LogP contribution in [0.3, 0.4) is 0 Å². The minimum absolute atomic E-state index is 0.0126. The lowest BCUT2D eigenvalue weighted by Crippen LogP contribution is -2.23. The summed E-state index contributed by atoms with van der Waals surface area (Å²) in [5.41, 5.74) is 0.190. The number of halogens is 1. The molecule has 1 atom stereocenters. The molecule has 0 radical (unpaired) electrons. The molecule has 0 N–H and O–H groups in total. The maximum absolute atomic E-state index is 11.6. The van der Waals surface area contributed by atoms with Crippen LogP contribution in [0.1, 0.15) is 12.5 Å². The molecule has 0 aromatic carbocycles. The van der Waals surface area contributed by atoms with E-state index in [2.05, 4.69) is 15.9 Å². The lowest BCUT2D eigenvalue weighted by Gasteiger charge is -2.10. The molecular weight excluding hydrogens is 276 g/mol. The van der Waals surface area contributed by atoms with Crippen molar-refractivity contribution >= 4 is 21.6 Å². The number of hydrogen-bond acceptors (Lipinski definition) is 3. The van der Waals surface area contributed by atoms with Crippen molar-refractivity contribution in [3.63, 3.8) is 0 Å². The van der Waals surface area contributed by atoms with Crippen LogP contribution in [0.5, 0.6) is 0 Å². The quantitative estimate of drug-likeness (QED) is 0.484. The second-order valence-corrected chi connectivity index (χ2v) is 4.50. The average Bonchev–Trinajstić information content (AvgIpc) is 2.21. The largest absolute Gasteiger partial charge is 0.309 e. The molecule has 6 heteroatoms. The van der Waals surface area contributed by atoms with E-state index in [4.69, 9.17) is 0 Å². The third-order valence-electron chi connectivity index (χ3n) is 2.27. The van der Waals surface area contributed by atoms with E-state index >= 15 is 0 Å². The van der Waals surface area contributed by atoms with Crippen molar-refractivity contribution in [1.82, 2.24) is 4.57 Å². The van der Waals surface area contributed by atoms with E-state index < -0.39 is 4.92 Å². The smallest absolute Gasteiger partial charge is 0.288 e. The zero-order valence-electron chi connectivity index (χ0n) is 9.14. The number of aromatic nitrogens is 1. The number of aryl methyl sites for hydroxylation is 1. The Hall–Kier alpha value is -1.17. The van der Waals surface area contributed by atoms with Gasteiger partial charge in [0, 0.05) is 23.5 Å². The van der Waals surface area contributed by atoms with Gasteiger partial charge in [-0.1, -0.05) is 22.9 Å². The van der Waals surface area contributed by atoms with Crippen molar-refractivity contribution < 1.29 is 4.92 Å². The van der Waals surface area contributed by atoms with Crippen LogP contribution in [-0.2, 0) is 6.54 Å². The molecule has 0 fully saturated rings. The van der Waals surface area contributed by atoms with Crippen LogP contribution in [-0.4, -0.2) is 14.8 Å². The van der Waals surface area contributed by atoms with Crippen LogP contribution in [0.4, 0.5) is 5.69 Å². The molecule has 0 bridgehead atoms. The maximum atomic E-state index is 11.6. The van der Waals surface area contributed by atoms with Gasteiger partial charge in [0.25, 0.3) is 11.2 Å². The number of pyridine rings is 1. The number of nitrogens with zero attached hydrogens (tertiary/aromatic N) is 2. The van der Waals surface area contributed by atoms with Gasteiger partial charge in [-0.15, -0.1) is 0 Å². The Bertz CT molecular complexity index is 456. The SMILES string of the molecule is Cc1cc(=O)n(CC(C)CBr)cc1[N+](=O)[O-]. The Kier molecular flexibility index (Phi) is 4.23. The van der Waals surface area contributed by atoms with Gasteiger partial charge in [0.05, 0.1) is 11.1 Å². The Morgan fingerprint density at radius 3 is 2.75 bits per heavy atom. The second-order valence-electron chi connectivity index (χ2n) is 3.85. The first-order chi connectivity index (χ1) is 7.45. The van der Waals surface area contributed by atoms with Crippen molar-refractivity contribution in [3.8, 4) is 0 Å². The summed E-state index contributed by atoms with van der Waals surface area (Å²) < 4.78 is 1.39. The van der Waals surface area contributed by atoms with E-state index in [1.54, 1.807) is 6.92 Å². The lowest BCUT2D eigenvalue weighted by molar-refractivity contribution is -0.385. The molecule has 0 aliphatic rings. The summed E-state index contributed by atoms with van der Waals surface area (Å²) in [6, 6.07) is 1.30. The summed E-state index contributed by atoms with van der Waals surface area (Å²) in [7, 11) is 0. The molecule has 0 saturated carbocycles. The molecule has 1 unspecified atom stereocenters. The van der Waals surface area contributed by atoms with Gasteiger partial charge in [-0.2, -0.15) is 0 Å². The normalized spacial score (nSPS) is 12.4. The van der Waals surface area contributed by atoms with Gasteiger partial charge in [0.1, 0.15) is 0 Å². The standard InChI is InChI=1S/C10H13BrN2O3/c1-7(4-11)5-12-6-9(13(15)16)8(2)3-10(12)14/h3,6-7H,4-5H2,1-2H3. The molecule has 1 aromatic heterocycles. The first kappa shape index (κ1) is 12.9. The minimum atomic E-state index is -0.468. The highest BCUT2D eigenvalue weighted by Gasteiger charge is 2.14. The monoisotopic (exact) mass is 288 g/mol. The molecule has 1 rings (SSSR count). The van der Waals surface area contributed by atoms with Gasteiger partial charge < -0.3 is 4.57 Å². The van der Waals surface area contributed by atoms with Crippen molar-refractivity contribution in [1.29, 1.82) is 0 Å². The number of nitro groups is 1. The van der Waals surface area contributed by atoms with E-state index in [-0.39, 0.29) is 17.2 Å². The highest BCUT2D eigenvalue weighted by molar-refractivity contribution is 9.09. The summed E-state index contributed by atoms with van der Waals surface area (Å²) in [6.45, 7) is 4.01. The van der Waals surface area contributed by atoms with Crippen LogP contribution in [0.2, 0.25) is 0 Å². The van der Waals surface area contributed by atoms with Crippen LogP contribution in [0.15, 0.2) is 17.1 Å². The molecule has 1 heterocycles. The summed E-state index contributed by atoms with van der Waals surface area (Å²) in [4.78, 5) is 21.8. The molecule has 1 aromatic rings. The maximum Gasteiger partial charge on any atom is 0.288 e. The van der Waals surface area contributed by atoms with Gasteiger partial charge in [-0.25, -0.2) is 0 Å². The Morgan fingerprint density at radius 2 is 2.25 bits per heavy atom. The summed E-state index contributed by atoms with van der Waals surface area (Å²) in [6.07, 6.45) is 1.32. The molecule has 5 nitrogen and oxygen atoms in total. The van der Waals surface area contributed by atoms with Crippen LogP contribution >= 0.6 is 15.9 Å². The van der Waals surface area contributed by atoms with Crippen molar-refractivity contribution in [2.45, 2.75) is 20.4 Å². The molecule has 88 valence electrons. The Morgan fingerprint density at radius 1 is 1.62 bits per heavy atom. The Balaban J connectivity index is 3.15. The average molecular weight is 289 g/mol. The third-order valence-corrected chi connectivity index (χ3v) is 3.38. The highest BCUT2D eigenvalue weighted by atomic mass is 79.9. The number of hydrogen-bond donors (Lipinski definition) is 0. The van der Waals surface area contributed by atoms with E-state index in [0.29, 0.717) is 12.1 Å². The molecule has 0 spiro atoms. The van der Waals surface area contributed by atoms with Gasteiger partial charge in [0.15, 0.2) is 0 Å². The molecule has 0 amide bonds. The van der Waals surface area contributed by atoms with E-state index in [1.165, 1.54) is 16.8 Å². The highest BCUT2D eigenvalue weighted by Crippen LogP contribution is 2.15. The second kappa shape index (κ2) is 5.25. The first-order valence-electron chi connectivity index (χ1n) is 4.87. The number of rotatable bonds is 4. The summed E-state index contributed by atoms with van der Waals surface area (Å²) in [5, 5.41) is 11.5. The van der Waals surface area contributed by atoms with Gasteiger partial charge in [-0.05, 0) is 12.8 Å². The predicted molar refractivity (Wildman–Crippen MR) is 65.1 cm³/mol. The summed E-state index contributed by atoms with van der Waals surface area (Å²) >= 11 is 3.31. The predicted octanol–water partition coefficient (Wildman–Crippen LogP) is 2.10. The molecular formula is C10H13BrN2O3. The molecule has 0 saturated heterocycles.